The molecular formula is C24H19N5O2S. The topological polar surface area (TPSA) is 84.7 Å². The van der Waals surface area contributed by atoms with E-state index in [1.807, 2.05) is 66.2 Å². The number of H-pyrrole nitrogens is 1. The minimum Gasteiger partial charge on any atom is -0.345 e. The molecule has 0 aliphatic rings. The molecule has 0 aliphatic heterocycles. The van der Waals surface area contributed by atoms with Crippen molar-refractivity contribution in [3.63, 3.8) is 0 Å². The van der Waals surface area contributed by atoms with Crippen LogP contribution in [0.4, 0.5) is 0 Å². The van der Waals surface area contributed by atoms with Gasteiger partial charge in [-0.25, -0.2) is 4.98 Å². The van der Waals surface area contributed by atoms with Crippen LogP contribution in [0.5, 0.6) is 0 Å². The van der Waals surface area contributed by atoms with Crippen molar-refractivity contribution in [1.82, 2.24) is 24.4 Å². The Morgan fingerprint density at radius 3 is 2.59 bits per heavy atom. The van der Waals surface area contributed by atoms with Gasteiger partial charge in [0.25, 0.3) is 11.5 Å². The Morgan fingerprint density at radius 2 is 1.81 bits per heavy atom. The van der Waals surface area contributed by atoms with Crippen molar-refractivity contribution in [2.45, 2.75) is 6.54 Å². The SMILES string of the molecule is Cn1c(CNC(=O)c2ccc3c(=O)n(-c4ccccc4)c(=S)[nH]c3c2)nc2ccccc21. The number of rotatable bonds is 4. The highest BCUT2D eigenvalue weighted by Crippen LogP contribution is 2.15. The van der Waals surface area contributed by atoms with Gasteiger partial charge in [-0.3, -0.25) is 14.2 Å². The fraction of sp³-hybridized carbons (Fsp3) is 0.0833. The Balaban J connectivity index is 1.44. The average Bonchev–Trinajstić information content (AvgIpc) is 3.13. The largest absolute Gasteiger partial charge is 0.345 e. The van der Waals surface area contributed by atoms with E-state index in [9.17, 15) is 9.59 Å². The summed E-state index contributed by atoms with van der Waals surface area (Å²) in [5.41, 5.74) is 3.28. The third kappa shape index (κ3) is 3.40. The third-order valence-corrected chi connectivity index (χ3v) is 5.75. The van der Waals surface area contributed by atoms with E-state index in [1.54, 1.807) is 18.2 Å². The number of carbonyl (C=O) groups is 1. The first kappa shape index (κ1) is 19.9. The lowest BCUT2D eigenvalue weighted by molar-refractivity contribution is 0.0949. The average molecular weight is 442 g/mol. The second-order valence-corrected chi connectivity index (χ2v) is 7.81. The molecule has 8 heteroatoms. The van der Waals surface area contributed by atoms with Crippen LogP contribution in [0.15, 0.2) is 77.6 Å². The number of nitrogens with zero attached hydrogens (tertiary/aromatic N) is 3. The van der Waals surface area contributed by atoms with Gasteiger partial charge >= 0.3 is 0 Å². The molecule has 2 heterocycles. The van der Waals surface area contributed by atoms with Crippen molar-refractivity contribution in [3.8, 4) is 5.69 Å². The molecule has 0 aliphatic carbocycles. The van der Waals surface area contributed by atoms with Gasteiger partial charge in [0.15, 0.2) is 4.77 Å². The van der Waals surface area contributed by atoms with Gasteiger partial charge in [-0.2, -0.15) is 0 Å². The lowest BCUT2D eigenvalue weighted by Crippen LogP contribution is -2.25. The summed E-state index contributed by atoms with van der Waals surface area (Å²) in [6.45, 7) is 0.285. The predicted octanol–water partition coefficient (Wildman–Crippen LogP) is 3.86. The van der Waals surface area contributed by atoms with Crippen LogP contribution >= 0.6 is 12.2 Å². The van der Waals surface area contributed by atoms with E-state index in [0.29, 0.717) is 22.2 Å². The molecule has 1 amide bonds. The number of amides is 1. The van der Waals surface area contributed by atoms with Gasteiger partial charge in [0, 0.05) is 12.6 Å². The highest BCUT2D eigenvalue weighted by molar-refractivity contribution is 7.71. The quantitative estimate of drug-likeness (QED) is 0.415. The van der Waals surface area contributed by atoms with Crippen molar-refractivity contribution in [3.05, 3.63) is 99.3 Å². The second kappa shape index (κ2) is 7.90. The molecule has 7 nitrogen and oxygen atoms in total. The van der Waals surface area contributed by atoms with E-state index in [0.717, 1.165) is 16.9 Å². The number of fused-ring (bicyclic) bond motifs is 2. The molecule has 0 radical (unpaired) electrons. The molecule has 0 bridgehead atoms. The Hall–Kier alpha value is -4.04. The highest BCUT2D eigenvalue weighted by Gasteiger charge is 2.13. The van der Waals surface area contributed by atoms with E-state index in [1.165, 1.54) is 4.57 Å². The van der Waals surface area contributed by atoms with Gasteiger partial charge in [0.1, 0.15) is 5.82 Å². The molecule has 5 aromatic rings. The summed E-state index contributed by atoms with van der Waals surface area (Å²) in [5.74, 6) is 0.496. The van der Waals surface area contributed by atoms with E-state index >= 15 is 0 Å². The van der Waals surface area contributed by atoms with Gasteiger partial charge in [-0.1, -0.05) is 30.3 Å². The van der Waals surface area contributed by atoms with Gasteiger partial charge in [0.2, 0.25) is 0 Å². The molecule has 0 fully saturated rings. The molecule has 2 aromatic heterocycles. The second-order valence-electron chi connectivity index (χ2n) is 7.43. The van der Waals surface area contributed by atoms with E-state index in [2.05, 4.69) is 15.3 Å². The van der Waals surface area contributed by atoms with Gasteiger partial charge in [-0.15, -0.1) is 0 Å². The first-order valence-electron chi connectivity index (χ1n) is 10.1. The molecule has 0 saturated carbocycles. The van der Waals surface area contributed by atoms with E-state index in [4.69, 9.17) is 12.2 Å². The summed E-state index contributed by atoms with van der Waals surface area (Å²) in [7, 11) is 1.92. The summed E-state index contributed by atoms with van der Waals surface area (Å²) in [6.07, 6.45) is 0. The van der Waals surface area contributed by atoms with Crippen molar-refractivity contribution in [2.24, 2.45) is 7.05 Å². The maximum absolute atomic E-state index is 13.0. The van der Waals surface area contributed by atoms with E-state index < -0.39 is 0 Å². The number of para-hydroxylation sites is 3. The van der Waals surface area contributed by atoms with Crippen LogP contribution in [0.3, 0.4) is 0 Å². The first-order chi connectivity index (χ1) is 15.5. The predicted molar refractivity (Wildman–Crippen MR) is 127 cm³/mol. The summed E-state index contributed by atoms with van der Waals surface area (Å²) >= 11 is 5.41. The molecule has 32 heavy (non-hydrogen) atoms. The van der Waals surface area contributed by atoms with Crippen LogP contribution in [0.25, 0.3) is 27.6 Å². The Kier molecular flexibility index (Phi) is 4.91. The number of nitrogens with one attached hydrogen (secondary N) is 2. The molecule has 5 rings (SSSR count). The lowest BCUT2D eigenvalue weighted by atomic mass is 10.1. The minimum absolute atomic E-state index is 0.235. The molecular weight excluding hydrogens is 422 g/mol. The summed E-state index contributed by atoms with van der Waals surface area (Å²) in [6, 6.07) is 22.0. The fourth-order valence-electron chi connectivity index (χ4n) is 3.79. The number of imidazole rings is 1. The minimum atomic E-state index is -0.259. The van der Waals surface area contributed by atoms with Crippen molar-refractivity contribution in [1.29, 1.82) is 0 Å². The highest BCUT2D eigenvalue weighted by atomic mass is 32.1. The van der Waals surface area contributed by atoms with E-state index in [-0.39, 0.29) is 22.8 Å². The number of aromatic nitrogens is 4. The van der Waals surface area contributed by atoms with Gasteiger partial charge in [0.05, 0.1) is 34.2 Å². The zero-order valence-electron chi connectivity index (χ0n) is 17.2. The standard InChI is InChI=1S/C24H19N5O2S/c1-28-20-10-6-5-9-18(20)26-21(28)14-25-22(30)15-11-12-17-19(13-15)27-24(32)29(23(17)31)16-7-3-2-4-8-16/h2-13H,14H2,1H3,(H,25,30)(H,27,32). The van der Waals surface area contributed by atoms with Crippen LogP contribution in [-0.4, -0.2) is 25.0 Å². The zero-order valence-corrected chi connectivity index (χ0v) is 18.0. The smallest absolute Gasteiger partial charge is 0.266 e. The number of aryl methyl sites for hydroxylation is 1. The summed E-state index contributed by atoms with van der Waals surface area (Å²) in [4.78, 5) is 33.5. The third-order valence-electron chi connectivity index (χ3n) is 5.46. The van der Waals surface area contributed by atoms with Crippen LogP contribution in [0.1, 0.15) is 16.2 Å². The molecule has 0 atom stereocenters. The van der Waals surface area contributed by atoms with Gasteiger partial charge < -0.3 is 14.9 Å². The number of hydrogen-bond donors (Lipinski definition) is 2. The van der Waals surface area contributed by atoms with Crippen LogP contribution < -0.4 is 10.9 Å². The summed E-state index contributed by atoms with van der Waals surface area (Å²) in [5, 5.41) is 3.36. The Labute approximate surface area is 188 Å². The van der Waals surface area contributed by atoms with Crippen LogP contribution in [0.2, 0.25) is 0 Å². The van der Waals surface area contributed by atoms with Crippen LogP contribution in [-0.2, 0) is 13.6 Å². The lowest BCUT2D eigenvalue weighted by Gasteiger charge is -2.10. The number of aromatic amines is 1. The maximum Gasteiger partial charge on any atom is 0.266 e. The van der Waals surface area contributed by atoms with Crippen molar-refractivity contribution >= 4 is 40.1 Å². The number of hydrogen-bond acceptors (Lipinski definition) is 4. The molecule has 3 aromatic carbocycles. The normalized spacial score (nSPS) is 11.2. The first-order valence-corrected chi connectivity index (χ1v) is 10.5. The molecule has 0 saturated heterocycles. The Morgan fingerprint density at radius 1 is 1.06 bits per heavy atom. The van der Waals surface area contributed by atoms with Crippen LogP contribution in [0, 0.1) is 4.77 Å². The molecule has 0 unspecified atom stereocenters. The Bertz CT molecular complexity index is 1600. The maximum atomic E-state index is 13.0. The fourth-order valence-corrected chi connectivity index (χ4v) is 4.08. The van der Waals surface area contributed by atoms with Crippen molar-refractivity contribution < 1.29 is 4.79 Å². The number of carbonyl (C=O) groups excluding carboxylic acids is 1. The molecule has 2 N–H and O–H groups in total. The summed E-state index contributed by atoms with van der Waals surface area (Å²) < 4.78 is 3.67. The molecule has 0 spiro atoms. The monoisotopic (exact) mass is 441 g/mol. The van der Waals surface area contributed by atoms with Gasteiger partial charge in [-0.05, 0) is 54.7 Å². The zero-order chi connectivity index (χ0) is 22.2. The molecule has 158 valence electrons. The van der Waals surface area contributed by atoms with Crippen molar-refractivity contribution in [2.75, 3.05) is 0 Å². The number of benzene rings is 3.